The van der Waals surface area contributed by atoms with Crippen molar-refractivity contribution in [2.75, 3.05) is 13.1 Å². The normalized spacial score (nSPS) is 18.2. The number of piperidine rings is 1. The highest BCUT2D eigenvalue weighted by molar-refractivity contribution is 5.31. The van der Waals surface area contributed by atoms with Crippen LogP contribution in [0, 0.1) is 18.3 Å². The molecule has 2 aromatic rings. The summed E-state index contributed by atoms with van der Waals surface area (Å²) in [6, 6.07) is 18.6. The van der Waals surface area contributed by atoms with E-state index < -0.39 is 0 Å². The Morgan fingerprint density at radius 1 is 1.08 bits per heavy atom. The summed E-state index contributed by atoms with van der Waals surface area (Å²) >= 11 is 0. The van der Waals surface area contributed by atoms with E-state index in [0.29, 0.717) is 12.7 Å². The largest absolute Gasteiger partial charge is 0.372 e. The molecule has 0 aliphatic carbocycles. The van der Waals surface area contributed by atoms with Crippen molar-refractivity contribution >= 4 is 0 Å². The zero-order valence-corrected chi connectivity index (χ0v) is 14.2. The summed E-state index contributed by atoms with van der Waals surface area (Å²) in [5, 5.41) is 8.88. The summed E-state index contributed by atoms with van der Waals surface area (Å²) in [6.07, 6.45) is 2.61. The SMILES string of the molecule is Cc1ccc(CO[C@H]2CCCN(Cc3ccc(C#N)cc3)C2)cc1. The molecular formula is C21H24N2O. The number of ether oxygens (including phenoxy) is 1. The number of likely N-dealkylation sites (tertiary alicyclic amines) is 1. The number of hydrogen-bond donors (Lipinski definition) is 0. The molecule has 1 fully saturated rings. The van der Waals surface area contributed by atoms with Gasteiger partial charge in [-0.3, -0.25) is 4.90 Å². The Bertz CT molecular complexity index is 685. The lowest BCUT2D eigenvalue weighted by molar-refractivity contribution is -0.0120. The summed E-state index contributed by atoms with van der Waals surface area (Å²) in [7, 11) is 0. The fraction of sp³-hybridized carbons (Fsp3) is 0.381. The van der Waals surface area contributed by atoms with Gasteiger partial charge in [0.2, 0.25) is 0 Å². The van der Waals surface area contributed by atoms with E-state index in [2.05, 4.69) is 54.3 Å². The molecule has 0 radical (unpaired) electrons. The Labute approximate surface area is 144 Å². The third kappa shape index (κ3) is 4.67. The fourth-order valence-corrected chi connectivity index (χ4v) is 3.13. The van der Waals surface area contributed by atoms with Crippen LogP contribution in [0.3, 0.4) is 0 Å². The zero-order chi connectivity index (χ0) is 16.8. The van der Waals surface area contributed by atoms with Crippen LogP contribution in [0.1, 0.15) is 35.1 Å². The summed E-state index contributed by atoms with van der Waals surface area (Å²) in [6.45, 7) is 5.81. The lowest BCUT2D eigenvalue weighted by atomic mass is 10.1. The standard InChI is InChI=1S/C21H24N2O/c1-17-4-6-20(7-5-17)16-24-21-3-2-12-23(15-21)14-19-10-8-18(13-22)9-11-19/h4-11,21H,2-3,12,14-16H2,1H3/t21-/m0/s1. The fourth-order valence-electron chi connectivity index (χ4n) is 3.13. The minimum Gasteiger partial charge on any atom is -0.372 e. The Kier molecular flexibility index (Phi) is 5.63. The van der Waals surface area contributed by atoms with E-state index in [0.717, 1.165) is 31.6 Å². The van der Waals surface area contributed by atoms with Crippen molar-refractivity contribution in [3.05, 3.63) is 70.8 Å². The number of rotatable bonds is 5. The van der Waals surface area contributed by atoms with Gasteiger partial charge in [0.1, 0.15) is 0 Å². The van der Waals surface area contributed by atoms with E-state index in [9.17, 15) is 0 Å². The summed E-state index contributed by atoms with van der Waals surface area (Å²) < 4.78 is 6.13. The van der Waals surface area contributed by atoms with Crippen LogP contribution in [-0.4, -0.2) is 24.1 Å². The maximum absolute atomic E-state index is 8.88. The molecule has 0 saturated carbocycles. The van der Waals surface area contributed by atoms with Crippen molar-refractivity contribution in [2.45, 2.75) is 39.0 Å². The molecule has 1 heterocycles. The molecular weight excluding hydrogens is 296 g/mol. The Morgan fingerprint density at radius 3 is 2.50 bits per heavy atom. The van der Waals surface area contributed by atoms with Crippen LogP contribution in [0.2, 0.25) is 0 Å². The van der Waals surface area contributed by atoms with Crippen molar-refractivity contribution in [1.82, 2.24) is 4.90 Å². The first-order valence-electron chi connectivity index (χ1n) is 8.61. The summed E-state index contributed by atoms with van der Waals surface area (Å²) in [4.78, 5) is 2.45. The maximum Gasteiger partial charge on any atom is 0.0991 e. The highest BCUT2D eigenvalue weighted by Gasteiger charge is 2.20. The molecule has 2 aromatic carbocycles. The molecule has 0 aromatic heterocycles. The first-order chi connectivity index (χ1) is 11.7. The van der Waals surface area contributed by atoms with Gasteiger partial charge in [0, 0.05) is 13.1 Å². The third-order valence-corrected chi connectivity index (χ3v) is 4.56. The molecule has 3 nitrogen and oxygen atoms in total. The molecule has 0 N–H and O–H groups in total. The average molecular weight is 320 g/mol. The molecule has 0 amide bonds. The predicted molar refractivity (Wildman–Crippen MR) is 95.4 cm³/mol. The molecule has 124 valence electrons. The smallest absolute Gasteiger partial charge is 0.0991 e. The van der Waals surface area contributed by atoms with E-state index in [1.54, 1.807) is 0 Å². The molecule has 1 atom stereocenters. The van der Waals surface area contributed by atoms with Crippen molar-refractivity contribution in [3.8, 4) is 6.07 Å². The average Bonchev–Trinajstić information content (AvgIpc) is 2.62. The highest BCUT2D eigenvalue weighted by atomic mass is 16.5. The van der Waals surface area contributed by atoms with Crippen LogP contribution in [0.4, 0.5) is 0 Å². The highest BCUT2D eigenvalue weighted by Crippen LogP contribution is 2.18. The molecule has 3 heteroatoms. The van der Waals surface area contributed by atoms with E-state index in [1.807, 2.05) is 12.1 Å². The predicted octanol–water partition coefficient (Wildman–Crippen LogP) is 4.05. The monoisotopic (exact) mass is 320 g/mol. The Balaban J connectivity index is 1.50. The summed E-state index contributed by atoms with van der Waals surface area (Å²) in [5.41, 5.74) is 4.50. The molecule has 0 unspecified atom stereocenters. The Morgan fingerprint density at radius 2 is 1.79 bits per heavy atom. The number of nitrogens with zero attached hydrogens (tertiary/aromatic N) is 2. The maximum atomic E-state index is 8.88. The molecule has 1 saturated heterocycles. The van der Waals surface area contributed by atoms with Crippen LogP contribution in [0.5, 0.6) is 0 Å². The van der Waals surface area contributed by atoms with Gasteiger partial charge in [0.25, 0.3) is 0 Å². The van der Waals surface area contributed by atoms with Gasteiger partial charge in [-0.2, -0.15) is 5.26 Å². The van der Waals surface area contributed by atoms with Gasteiger partial charge in [-0.25, -0.2) is 0 Å². The summed E-state index contributed by atoms with van der Waals surface area (Å²) in [5.74, 6) is 0. The van der Waals surface area contributed by atoms with Gasteiger partial charge in [0.15, 0.2) is 0 Å². The quantitative estimate of drug-likeness (QED) is 0.834. The van der Waals surface area contributed by atoms with Crippen molar-refractivity contribution in [1.29, 1.82) is 5.26 Å². The zero-order valence-electron chi connectivity index (χ0n) is 14.2. The first-order valence-corrected chi connectivity index (χ1v) is 8.61. The van der Waals surface area contributed by atoms with Gasteiger partial charge in [0.05, 0.1) is 24.3 Å². The van der Waals surface area contributed by atoms with Crippen molar-refractivity contribution < 1.29 is 4.74 Å². The first kappa shape index (κ1) is 16.7. The lowest BCUT2D eigenvalue weighted by Crippen LogP contribution is -2.39. The third-order valence-electron chi connectivity index (χ3n) is 4.56. The second-order valence-electron chi connectivity index (χ2n) is 6.60. The number of benzene rings is 2. The molecule has 1 aliphatic rings. The van der Waals surface area contributed by atoms with Crippen LogP contribution in [0.25, 0.3) is 0 Å². The minimum absolute atomic E-state index is 0.304. The number of nitriles is 1. The molecule has 0 spiro atoms. The van der Waals surface area contributed by atoms with E-state index >= 15 is 0 Å². The van der Waals surface area contributed by atoms with Crippen LogP contribution >= 0.6 is 0 Å². The van der Waals surface area contributed by atoms with Crippen LogP contribution in [0.15, 0.2) is 48.5 Å². The molecule has 1 aliphatic heterocycles. The molecule has 0 bridgehead atoms. The van der Waals surface area contributed by atoms with Gasteiger partial charge >= 0.3 is 0 Å². The second-order valence-corrected chi connectivity index (χ2v) is 6.60. The van der Waals surface area contributed by atoms with Crippen molar-refractivity contribution in [3.63, 3.8) is 0 Å². The van der Waals surface area contributed by atoms with E-state index in [4.69, 9.17) is 10.00 Å². The van der Waals surface area contributed by atoms with Crippen molar-refractivity contribution in [2.24, 2.45) is 0 Å². The topological polar surface area (TPSA) is 36.3 Å². The minimum atomic E-state index is 0.304. The van der Waals surface area contributed by atoms with Gasteiger partial charge in [-0.1, -0.05) is 42.0 Å². The molecule has 24 heavy (non-hydrogen) atoms. The van der Waals surface area contributed by atoms with Gasteiger partial charge < -0.3 is 4.74 Å². The number of hydrogen-bond acceptors (Lipinski definition) is 3. The Hall–Kier alpha value is -2.15. The van der Waals surface area contributed by atoms with Crippen LogP contribution in [-0.2, 0) is 17.9 Å². The molecule has 3 rings (SSSR count). The number of aryl methyl sites for hydroxylation is 1. The second kappa shape index (κ2) is 8.10. The van der Waals surface area contributed by atoms with Crippen LogP contribution < -0.4 is 0 Å². The van der Waals surface area contributed by atoms with E-state index in [1.165, 1.54) is 23.1 Å². The lowest BCUT2D eigenvalue weighted by Gasteiger charge is -2.32. The van der Waals surface area contributed by atoms with E-state index in [-0.39, 0.29) is 0 Å². The van der Waals surface area contributed by atoms with Gasteiger partial charge in [-0.05, 0) is 49.6 Å². The van der Waals surface area contributed by atoms with Gasteiger partial charge in [-0.15, -0.1) is 0 Å².